The minimum Gasteiger partial charge on any atom is -0.321 e. The Bertz CT molecular complexity index is 615. The van der Waals surface area contributed by atoms with Gasteiger partial charge in [0.25, 0.3) is 0 Å². The van der Waals surface area contributed by atoms with Gasteiger partial charge in [0.1, 0.15) is 5.82 Å². The molecule has 0 spiro atoms. The van der Waals surface area contributed by atoms with Gasteiger partial charge in [-0.05, 0) is 42.7 Å². The minimum absolute atomic E-state index is 0.296. The van der Waals surface area contributed by atoms with Crippen LogP contribution in [0, 0.1) is 5.82 Å². The normalized spacial score (nSPS) is 14.1. The van der Waals surface area contributed by atoms with Crippen molar-refractivity contribution < 1.29 is 4.39 Å². The SMILES string of the molecule is CCC(N)(Cc1cc(Cl)ccc1Cl)c1ccccc1F. The highest BCUT2D eigenvalue weighted by molar-refractivity contribution is 6.33. The van der Waals surface area contributed by atoms with E-state index in [1.165, 1.54) is 6.07 Å². The lowest BCUT2D eigenvalue weighted by molar-refractivity contribution is 0.403. The van der Waals surface area contributed by atoms with Crippen LogP contribution >= 0.6 is 23.2 Å². The Labute approximate surface area is 128 Å². The van der Waals surface area contributed by atoms with Gasteiger partial charge in [0.2, 0.25) is 0 Å². The first-order chi connectivity index (χ1) is 9.46. The number of hydrogen-bond donors (Lipinski definition) is 1. The van der Waals surface area contributed by atoms with Gasteiger partial charge >= 0.3 is 0 Å². The van der Waals surface area contributed by atoms with Gasteiger partial charge < -0.3 is 5.73 Å². The summed E-state index contributed by atoms with van der Waals surface area (Å²) >= 11 is 12.2. The molecule has 0 saturated heterocycles. The maximum absolute atomic E-state index is 14.0. The third-order valence-corrected chi connectivity index (χ3v) is 4.16. The molecule has 0 bridgehead atoms. The number of rotatable bonds is 4. The summed E-state index contributed by atoms with van der Waals surface area (Å²) in [6.07, 6.45) is 1.03. The molecule has 1 nitrogen and oxygen atoms in total. The van der Waals surface area contributed by atoms with Gasteiger partial charge in [0, 0.05) is 21.1 Å². The molecule has 20 heavy (non-hydrogen) atoms. The standard InChI is InChI=1S/C16H16Cl2FN/c1-2-16(20,13-5-3-4-6-15(13)19)10-11-9-12(17)7-8-14(11)18/h3-9H,2,10,20H2,1H3. The molecule has 0 saturated carbocycles. The van der Waals surface area contributed by atoms with E-state index in [2.05, 4.69) is 0 Å². The summed E-state index contributed by atoms with van der Waals surface area (Å²) in [4.78, 5) is 0. The minimum atomic E-state index is -0.806. The third-order valence-electron chi connectivity index (χ3n) is 3.55. The van der Waals surface area contributed by atoms with Crippen LogP contribution in [-0.2, 0) is 12.0 Å². The van der Waals surface area contributed by atoms with Crippen LogP contribution in [-0.4, -0.2) is 0 Å². The second kappa shape index (κ2) is 6.13. The van der Waals surface area contributed by atoms with Crippen LogP contribution in [0.25, 0.3) is 0 Å². The molecule has 0 aliphatic carbocycles. The van der Waals surface area contributed by atoms with Gasteiger partial charge in [-0.15, -0.1) is 0 Å². The van der Waals surface area contributed by atoms with Gasteiger partial charge in [0.15, 0.2) is 0 Å². The van der Waals surface area contributed by atoms with Gasteiger partial charge in [-0.3, -0.25) is 0 Å². The predicted octanol–water partition coefficient (Wildman–Crippen LogP) is 4.94. The van der Waals surface area contributed by atoms with E-state index in [0.717, 1.165) is 5.56 Å². The largest absolute Gasteiger partial charge is 0.321 e. The average Bonchev–Trinajstić information content (AvgIpc) is 2.43. The predicted molar refractivity (Wildman–Crippen MR) is 82.7 cm³/mol. The van der Waals surface area contributed by atoms with Gasteiger partial charge in [-0.1, -0.05) is 48.3 Å². The molecule has 4 heteroatoms. The lowest BCUT2D eigenvalue weighted by atomic mass is 9.82. The first-order valence-electron chi connectivity index (χ1n) is 6.44. The van der Waals surface area contributed by atoms with Crippen LogP contribution in [0.5, 0.6) is 0 Å². The zero-order valence-electron chi connectivity index (χ0n) is 11.2. The highest BCUT2D eigenvalue weighted by Gasteiger charge is 2.29. The van der Waals surface area contributed by atoms with E-state index in [0.29, 0.717) is 28.5 Å². The molecule has 0 amide bonds. The quantitative estimate of drug-likeness (QED) is 0.850. The Hall–Kier alpha value is -1.09. The smallest absolute Gasteiger partial charge is 0.128 e. The monoisotopic (exact) mass is 311 g/mol. The van der Waals surface area contributed by atoms with Crippen LogP contribution < -0.4 is 5.73 Å². The molecule has 0 aliphatic heterocycles. The molecular formula is C16H16Cl2FN. The van der Waals surface area contributed by atoms with Crippen molar-refractivity contribution in [1.82, 2.24) is 0 Å². The summed E-state index contributed by atoms with van der Waals surface area (Å²) in [7, 11) is 0. The molecule has 0 heterocycles. The average molecular weight is 312 g/mol. The van der Waals surface area contributed by atoms with Crippen molar-refractivity contribution in [2.45, 2.75) is 25.3 Å². The van der Waals surface area contributed by atoms with E-state index in [-0.39, 0.29) is 5.82 Å². The van der Waals surface area contributed by atoms with Crippen molar-refractivity contribution >= 4 is 23.2 Å². The van der Waals surface area contributed by atoms with Crippen molar-refractivity contribution in [2.75, 3.05) is 0 Å². The Morgan fingerprint density at radius 2 is 1.85 bits per heavy atom. The van der Waals surface area contributed by atoms with Crippen LogP contribution in [0.1, 0.15) is 24.5 Å². The Morgan fingerprint density at radius 3 is 2.50 bits per heavy atom. The highest BCUT2D eigenvalue weighted by atomic mass is 35.5. The molecule has 0 aliphatic rings. The second-order valence-electron chi connectivity index (χ2n) is 4.90. The van der Waals surface area contributed by atoms with Crippen molar-refractivity contribution in [3.8, 4) is 0 Å². The molecule has 1 unspecified atom stereocenters. The van der Waals surface area contributed by atoms with E-state index < -0.39 is 5.54 Å². The van der Waals surface area contributed by atoms with Gasteiger partial charge in [-0.2, -0.15) is 0 Å². The molecule has 0 radical (unpaired) electrons. The number of halogens is 3. The molecule has 2 aromatic carbocycles. The van der Waals surface area contributed by atoms with E-state index in [1.54, 1.807) is 36.4 Å². The van der Waals surface area contributed by atoms with E-state index in [4.69, 9.17) is 28.9 Å². The van der Waals surface area contributed by atoms with Crippen molar-refractivity contribution in [3.63, 3.8) is 0 Å². The third kappa shape index (κ3) is 3.14. The lowest BCUT2D eigenvalue weighted by Gasteiger charge is -2.30. The Kier molecular flexibility index (Phi) is 4.69. The van der Waals surface area contributed by atoms with Crippen LogP contribution in [0.4, 0.5) is 4.39 Å². The van der Waals surface area contributed by atoms with Crippen molar-refractivity contribution in [3.05, 3.63) is 69.5 Å². The molecule has 2 N–H and O–H groups in total. The Balaban J connectivity index is 2.42. The summed E-state index contributed by atoms with van der Waals surface area (Å²) < 4.78 is 14.0. The van der Waals surface area contributed by atoms with E-state index in [9.17, 15) is 4.39 Å². The zero-order valence-corrected chi connectivity index (χ0v) is 12.7. The maximum Gasteiger partial charge on any atom is 0.128 e. The maximum atomic E-state index is 14.0. The van der Waals surface area contributed by atoms with Crippen LogP contribution in [0.15, 0.2) is 42.5 Å². The molecule has 2 aromatic rings. The van der Waals surface area contributed by atoms with Crippen molar-refractivity contribution in [1.29, 1.82) is 0 Å². The van der Waals surface area contributed by atoms with Crippen molar-refractivity contribution in [2.24, 2.45) is 5.73 Å². The summed E-state index contributed by atoms with van der Waals surface area (Å²) in [6.45, 7) is 1.94. The topological polar surface area (TPSA) is 26.0 Å². The van der Waals surface area contributed by atoms with E-state index in [1.807, 2.05) is 6.92 Å². The highest BCUT2D eigenvalue weighted by Crippen LogP contribution is 2.32. The number of hydrogen-bond acceptors (Lipinski definition) is 1. The molecule has 2 rings (SSSR count). The van der Waals surface area contributed by atoms with Gasteiger partial charge in [-0.25, -0.2) is 4.39 Å². The first kappa shape index (κ1) is 15.3. The Morgan fingerprint density at radius 1 is 1.15 bits per heavy atom. The number of nitrogens with two attached hydrogens (primary N) is 1. The fraction of sp³-hybridized carbons (Fsp3) is 0.250. The van der Waals surface area contributed by atoms with Gasteiger partial charge in [0.05, 0.1) is 0 Å². The van der Waals surface area contributed by atoms with Crippen LogP contribution in [0.2, 0.25) is 10.0 Å². The fourth-order valence-electron chi connectivity index (χ4n) is 2.29. The lowest BCUT2D eigenvalue weighted by Crippen LogP contribution is -2.39. The molecular weight excluding hydrogens is 296 g/mol. The van der Waals surface area contributed by atoms with Crippen LogP contribution in [0.3, 0.4) is 0 Å². The summed E-state index contributed by atoms with van der Waals surface area (Å²) in [5.41, 5.74) is 6.95. The second-order valence-corrected chi connectivity index (χ2v) is 5.75. The fourth-order valence-corrected chi connectivity index (χ4v) is 2.67. The zero-order chi connectivity index (χ0) is 14.8. The molecule has 106 valence electrons. The molecule has 1 atom stereocenters. The number of benzene rings is 2. The summed E-state index contributed by atoms with van der Waals surface area (Å²) in [6, 6.07) is 11.8. The molecule has 0 fully saturated rings. The molecule has 0 aromatic heterocycles. The summed E-state index contributed by atoms with van der Waals surface area (Å²) in [5, 5.41) is 1.19. The summed E-state index contributed by atoms with van der Waals surface area (Å²) in [5.74, 6) is -0.296. The van der Waals surface area contributed by atoms with E-state index >= 15 is 0 Å². The first-order valence-corrected chi connectivity index (χ1v) is 7.19.